The summed E-state index contributed by atoms with van der Waals surface area (Å²) in [5.74, 6) is 0.390. The highest BCUT2D eigenvalue weighted by molar-refractivity contribution is 5.62. The van der Waals surface area contributed by atoms with Gasteiger partial charge >= 0.3 is 0 Å². The van der Waals surface area contributed by atoms with Crippen LogP contribution in [0.3, 0.4) is 0 Å². The molecule has 0 aliphatic rings. The van der Waals surface area contributed by atoms with Crippen LogP contribution in [0.15, 0.2) is 71.7 Å². The Morgan fingerprint density at radius 1 is 0.955 bits per heavy atom. The van der Waals surface area contributed by atoms with Crippen molar-refractivity contribution in [2.24, 2.45) is 0 Å². The van der Waals surface area contributed by atoms with E-state index in [0.717, 1.165) is 11.1 Å². The number of nitrogens with zero attached hydrogens (tertiary/aromatic N) is 1. The van der Waals surface area contributed by atoms with Crippen LogP contribution in [-0.4, -0.2) is 11.7 Å². The lowest BCUT2D eigenvalue weighted by Crippen LogP contribution is -2.16. The van der Waals surface area contributed by atoms with Gasteiger partial charge in [0.25, 0.3) is 5.56 Å². The largest absolute Gasteiger partial charge is 0.497 e. The summed E-state index contributed by atoms with van der Waals surface area (Å²) in [5.41, 5.74) is 2.26. The number of rotatable bonds is 3. The summed E-state index contributed by atoms with van der Waals surface area (Å²) in [6.45, 7) is 0. The SMILES string of the molecule is COc1cccc(-n2cc(-c3ccc(F)cc3)ccc2=O)c1. The first kappa shape index (κ1) is 14.1. The first-order valence-corrected chi connectivity index (χ1v) is 6.80. The van der Waals surface area contributed by atoms with Gasteiger partial charge in [0.1, 0.15) is 11.6 Å². The highest BCUT2D eigenvalue weighted by Crippen LogP contribution is 2.21. The maximum absolute atomic E-state index is 13.0. The van der Waals surface area contributed by atoms with Gasteiger partial charge in [-0.05, 0) is 41.5 Å². The summed E-state index contributed by atoms with van der Waals surface area (Å²) in [4.78, 5) is 12.1. The highest BCUT2D eigenvalue weighted by atomic mass is 19.1. The summed E-state index contributed by atoms with van der Waals surface area (Å²) in [5, 5.41) is 0. The predicted molar refractivity (Wildman–Crippen MR) is 84.0 cm³/mol. The fraction of sp³-hybridized carbons (Fsp3) is 0.0556. The van der Waals surface area contributed by atoms with Crippen LogP contribution in [-0.2, 0) is 0 Å². The molecule has 3 rings (SSSR count). The quantitative estimate of drug-likeness (QED) is 0.738. The van der Waals surface area contributed by atoms with E-state index in [-0.39, 0.29) is 11.4 Å². The van der Waals surface area contributed by atoms with Gasteiger partial charge in [-0.2, -0.15) is 0 Å². The molecule has 0 saturated carbocycles. The lowest BCUT2D eigenvalue weighted by atomic mass is 10.1. The molecule has 3 nitrogen and oxygen atoms in total. The fourth-order valence-electron chi connectivity index (χ4n) is 2.26. The van der Waals surface area contributed by atoms with Gasteiger partial charge in [-0.15, -0.1) is 0 Å². The zero-order valence-electron chi connectivity index (χ0n) is 12.0. The minimum Gasteiger partial charge on any atom is -0.497 e. The average Bonchev–Trinajstić information content (AvgIpc) is 2.56. The van der Waals surface area contributed by atoms with E-state index in [0.29, 0.717) is 11.4 Å². The second-order valence-electron chi connectivity index (χ2n) is 4.83. The van der Waals surface area contributed by atoms with Crippen LogP contribution in [0.2, 0.25) is 0 Å². The molecule has 4 heteroatoms. The second-order valence-corrected chi connectivity index (χ2v) is 4.83. The first-order valence-electron chi connectivity index (χ1n) is 6.80. The number of methoxy groups -OCH3 is 1. The Hall–Kier alpha value is -2.88. The Morgan fingerprint density at radius 3 is 2.41 bits per heavy atom. The molecule has 0 aliphatic heterocycles. The van der Waals surface area contributed by atoms with Crippen LogP contribution < -0.4 is 10.3 Å². The van der Waals surface area contributed by atoms with Crippen LogP contribution in [0.25, 0.3) is 16.8 Å². The molecular weight excluding hydrogens is 281 g/mol. The summed E-state index contributed by atoms with van der Waals surface area (Å²) in [6.07, 6.45) is 1.74. The smallest absolute Gasteiger partial charge is 0.255 e. The van der Waals surface area contributed by atoms with Crippen LogP contribution in [0.5, 0.6) is 5.75 Å². The Kier molecular flexibility index (Phi) is 3.74. The van der Waals surface area contributed by atoms with Crippen molar-refractivity contribution < 1.29 is 9.13 Å². The number of halogens is 1. The molecule has 0 unspecified atom stereocenters. The van der Waals surface area contributed by atoms with Gasteiger partial charge < -0.3 is 4.74 Å². The van der Waals surface area contributed by atoms with E-state index in [9.17, 15) is 9.18 Å². The fourth-order valence-corrected chi connectivity index (χ4v) is 2.26. The summed E-state index contributed by atoms with van der Waals surface area (Å²) < 4.78 is 19.8. The standard InChI is InChI=1S/C18H14FNO2/c1-22-17-4-2-3-16(11-17)20-12-14(7-10-18(20)21)13-5-8-15(19)9-6-13/h2-12H,1H3. The molecular formula is C18H14FNO2. The molecule has 3 aromatic rings. The second kappa shape index (κ2) is 5.85. The van der Waals surface area contributed by atoms with Crippen molar-refractivity contribution in [1.29, 1.82) is 0 Å². The van der Waals surface area contributed by atoms with Gasteiger partial charge in [0.2, 0.25) is 0 Å². The molecule has 0 radical (unpaired) electrons. The zero-order valence-corrected chi connectivity index (χ0v) is 12.0. The third-order valence-corrected chi connectivity index (χ3v) is 3.42. The molecule has 22 heavy (non-hydrogen) atoms. The van der Waals surface area contributed by atoms with Gasteiger partial charge in [-0.3, -0.25) is 9.36 Å². The van der Waals surface area contributed by atoms with Crippen LogP contribution in [0.1, 0.15) is 0 Å². The molecule has 0 atom stereocenters. The topological polar surface area (TPSA) is 31.2 Å². The zero-order chi connectivity index (χ0) is 15.5. The van der Waals surface area contributed by atoms with Crippen molar-refractivity contribution in [3.05, 3.63) is 83.0 Å². The number of pyridine rings is 1. The Morgan fingerprint density at radius 2 is 1.68 bits per heavy atom. The van der Waals surface area contributed by atoms with Crippen molar-refractivity contribution in [2.75, 3.05) is 7.11 Å². The normalized spacial score (nSPS) is 10.5. The van der Waals surface area contributed by atoms with Crippen LogP contribution in [0, 0.1) is 5.82 Å². The lowest BCUT2D eigenvalue weighted by Gasteiger charge is -2.10. The predicted octanol–water partition coefficient (Wildman–Crippen LogP) is 3.65. The van der Waals surface area contributed by atoms with Gasteiger partial charge in [0.05, 0.1) is 12.8 Å². The molecule has 1 aromatic heterocycles. The Balaban J connectivity index is 2.10. The van der Waals surface area contributed by atoms with E-state index >= 15 is 0 Å². The van der Waals surface area contributed by atoms with Crippen LogP contribution >= 0.6 is 0 Å². The maximum atomic E-state index is 13.0. The molecule has 110 valence electrons. The minimum atomic E-state index is -0.287. The number of hydrogen-bond acceptors (Lipinski definition) is 2. The summed E-state index contributed by atoms with van der Waals surface area (Å²) >= 11 is 0. The molecule has 0 saturated heterocycles. The minimum absolute atomic E-state index is 0.140. The van der Waals surface area contributed by atoms with E-state index in [1.165, 1.54) is 18.2 Å². The van der Waals surface area contributed by atoms with E-state index < -0.39 is 0 Å². The Bertz CT molecular complexity index is 853. The van der Waals surface area contributed by atoms with E-state index in [1.54, 1.807) is 42.1 Å². The first-order chi connectivity index (χ1) is 10.7. The van der Waals surface area contributed by atoms with Gasteiger partial charge in [-0.25, -0.2) is 4.39 Å². The molecule has 0 bridgehead atoms. The van der Waals surface area contributed by atoms with Crippen molar-refractivity contribution >= 4 is 0 Å². The number of hydrogen-bond donors (Lipinski definition) is 0. The van der Waals surface area contributed by atoms with Crippen molar-refractivity contribution in [2.45, 2.75) is 0 Å². The van der Waals surface area contributed by atoms with Gasteiger partial charge in [-0.1, -0.05) is 18.2 Å². The summed E-state index contributed by atoms with van der Waals surface area (Å²) in [6, 6.07) is 16.7. The molecule has 0 N–H and O–H groups in total. The highest BCUT2D eigenvalue weighted by Gasteiger charge is 2.05. The molecule has 1 heterocycles. The van der Waals surface area contributed by atoms with Crippen molar-refractivity contribution in [3.63, 3.8) is 0 Å². The molecule has 0 aliphatic carbocycles. The van der Waals surface area contributed by atoms with Crippen LogP contribution in [0.4, 0.5) is 4.39 Å². The average molecular weight is 295 g/mol. The maximum Gasteiger partial charge on any atom is 0.255 e. The Labute approximate surface area is 127 Å². The number of ether oxygens (including phenoxy) is 1. The van der Waals surface area contributed by atoms with Crippen molar-refractivity contribution in [1.82, 2.24) is 4.57 Å². The summed E-state index contributed by atoms with van der Waals surface area (Å²) in [7, 11) is 1.58. The number of aromatic nitrogens is 1. The monoisotopic (exact) mass is 295 g/mol. The molecule has 0 spiro atoms. The van der Waals surface area contributed by atoms with E-state index in [4.69, 9.17) is 4.74 Å². The third-order valence-electron chi connectivity index (χ3n) is 3.42. The molecule has 2 aromatic carbocycles. The van der Waals surface area contributed by atoms with Crippen molar-refractivity contribution in [3.8, 4) is 22.6 Å². The van der Waals surface area contributed by atoms with E-state index in [2.05, 4.69) is 0 Å². The molecule has 0 fully saturated rings. The number of benzene rings is 2. The van der Waals surface area contributed by atoms with Gasteiger partial charge in [0.15, 0.2) is 0 Å². The van der Waals surface area contributed by atoms with E-state index in [1.807, 2.05) is 18.2 Å². The third kappa shape index (κ3) is 2.76. The van der Waals surface area contributed by atoms with Gasteiger partial charge in [0, 0.05) is 18.3 Å². The lowest BCUT2D eigenvalue weighted by molar-refractivity contribution is 0.414. The molecule has 0 amide bonds.